The average Bonchev–Trinajstić information content (AvgIpc) is 2.09. The predicted octanol–water partition coefficient (Wildman–Crippen LogP) is 2.78. The van der Waals surface area contributed by atoms with E-state index in [9.17, 15) is 5.11 Å². The van der Waals surface area contributed by atoms with Crippen LogP contribution in [-0.2, 0) is 12.8 Å². The van der Waals surface area contributed by atoms with Gasteiger partial charge >= 0.3 is 0 Å². The molecule has 1 aliphatic carbocycles. The summed E-state index contributed by atoms with van der Waals surface area (Å²) >= 11 is 0. The predicted molar refractivity (Wildman–Crippen MR) is 54.1 cm³/mol. The first-order valence-corrected chi connectivity index (χ1v) is 4.68. The summed E-state index contributed by atoms with van der Waals surface area (Å²) in [6, 6.07) is 4.04. The number of hydrogen-bond acceptors (Lipinski definition) is 1. The summed E-state index contributed by atoms with van der Waals surface area (Å²) in [6.45, 7) is 5.89. The molecule has 0 saturated carbocycles. The van der Waals surface area contributed by atoms with E-state index in [1.807, 2.05) is 12.1 Å². The molecule has 1 aromatic carbocycles. The number of phenols is 1. The zero-order chi connectivity index (χ0) is 9.42. The molecule has 1 aliphatic rings. The third-order valence-corrected chi connectivity index (χ3v) is 2.74. The van der Waals surface area contributed by atoms with Gasteiger partial charge in [0.25, 0.3) is 0 Å². The van der Waals surface area contributed by atoms with Crippen LogP contribution in [0.1, 0.15) is 29.5 Å². The molecular weight excluding hydrogens is 160 g/mol. The number of hydrogen-bond donors (Lipinski definition) is 1. The van der Waals surface area contributed by atoms with Crippen LogP contribution in [0.4, 0.5) is 0 Å². The lowest BCUT2D eigenvalue weighted by Gasteiger charge is -2.28. The van der Waals surface area contributed by atoms with Gasteiger partial charge < -0.3 is 5.11 Å². The molecule has 1 heteroatoms. The normalized spacial score (nSPS) is 19.0. The third kappa shape index (κ3) is 1.24. The lowest BCUT2D eigenvalue weighted by Crippen LogP contribution is -2.14. The summed E-state index contributed by atoms with van der Waals surface area (Å²) in [6.07, 6.45) is 3.73. The summed E-state index contributed by atoms with van der Waals surface area (Å²) in [5.41, 5.74) is 3.62. The Labute approximate surface area is 78.7 Å². The van der Waals surface area contributed by atoms with Gasteiger partial charge in [0, 0.05) is 0 Å². The van der Waals surface area contributed by atoms with E-state index in [1.165, 1.54) is 5.56 Å². The van der Waals surface area contributed by atoms with Crippen LogP contribution in [-0.4, -0.2) is 5.11 Å². The van der Waals surface area contributed by atoms with Crippen molar-refractivity contribution in [1.82, 2.24) is 0 Å². The van der Waals surface area contributed by atoms with E-state index in [0.29, 0.717) is 11.7 Å². The van der Waals surface area contributed by atoms with Crippen molar-refractivity contribution in [2.75, 3.05) is 0 Å². The van der Waals surface area contributed by atoms with E-state index in [4.69, 9.17) is 0 Å². The molecule has 0 saturated heterocycles. The standard InChI is InChI=1S/C12H14O/c1-3-4-9-6-10-8(2)5-11(10)12(13)7-9/h3,6-8,13H,1,4-5H2,2H3. The highest BCUT2D eigenvalue weighted by Gasteiger charge is 2.25. The molecule has 1 nitrogen and oxygen atoms in total. The Morgan fingerprint density at radius 2 is 2.38 bits per heavy atom. The molecule has 1 atom stereocenters. The molecule has 0 heterocycles. The van der Waals surface area contributed by atoms with Crippen LogP contribution in [0.2, 0.25) is 0 Å². The fourth-order valence-corrected chi connectivity index (χ4v) is 1.97. The van der Waals surface area contributed by atoms with Crippen molar-refractivity contribution in [3.05, 3.63) is 41.5 Å². The molecule has 1 aromatic rings. The number of rotatable bonds is 2. The molecule has 1 N–H and O–H groups in total. The summed E-state index contributed by atoms with van der Waals surface area (Å²) in [5, 5.41) is 9.64. The smallest absolute Gasteiger partial charge is 0.119 e. The molecule has 2 rings (SSSR count). The second-order valence-electron chi connectivity index (χ2n) is 3.78. The minimum atomic E-state index is 0.465. The second-order valence-corrected chi connectivity index (χ2v) is 3.78. The molecule has 0 fully saturated rings. The fraction of sp³-hybridized carbons (Fsp3) is 0.333. The molecule has 0 amide bonds. The van der Waals surface area contributed by atoms with Crippen molar-refractivity contribution in [3.63, 3.8) is 0 Å². The summed E-state index contributed by atoms with van der Waals surface area (Å²) in [4.78, 5) is 0. The number of aromatic hydroxyl groups is 1. The number of allylic oxidation sites excluding steroid dienone is 1. The maximum atomic E-state index is 9.64. The topological polar surface area (TPSA) is 20.2 Å². The first kappa shape index (κ1) is 8.36. The van der Waals surface area contributed by atoms with E-state index in [1.54, 1.807) is 0 Å². The molecule has 0 aliphatic heterocycles. The van der Waals surface area contributed by atoms with Crippen LogP contribution in [0.15, 0.2) is 24.8 Å². The third-order valence-electron chi connectivity index (χ3n) is 2.74. The maximum Gasteiger partial charge on any atom is 0.119 e. The molecule has 0 bridgehead atoms. The first-order valence-electron chi connectivity index (χ1n) is 4.68. The second kappa shape index (κ2) is 2.91. The average molecular weight is 174 g/mol. The zero-order valence-corrected chi connectivity index (χ0v) is 7.88. The molecule has 1 unspecified atom stereocenters. The molecule has 0 spiro atoms. The Morgan fingerprint density at radius 1 is 1.62 bits per heavy atom. The van der Waals surface area contributed by atoms with E-state index in [2.05, 4.69) is 19.6 Å². The summed E-state index contributed by atoms with van der Waals surface area (Å²) in [5.74, 6) is 1.08. The van der Waals surface area contributed by atoms with Crippen LogP contribution < -0.4 is 0 Å². The summed E-state index contributed by atoms with van der Waals surface area (Å²) < 4.78 is 0. The lowest BCUT2D eigenvalue weighted by atomic mass is 9.77. The number of phenolic OH excluding ortho intramolecular Hbond substituents is 1. The quantitative estimate of drug-likeness (QED) is 0.683. The van der Waals surface area contributed by atoms with Crippen molar-refractivity contribution in [1.29, 1.82) is 0 Å². The molecular formula is C12H14O. The van der Waals surface area contributed by atoms with Gasteiger partial charge in [-0.1, -0.05) is 19.1 Å². The van der Waals surface area contributed by atoms with Gasteiger partial charge in [-0.05, 0) is 41.5 Å². The van der Waals surface area contributed by atoms with Crippen molar-refractivity contribution in [3.8, 4) is 5.75 Å². The Kier molecular flexibility index (Phi) is 1.87. The van der Waals surface area contributed by atoms with Crippen molar-refractivity contribution in [2.24, 2.45) is 0 Å². The van der Waals surface area contributed by atoms with Crippen LogP contribution in [0.5, 0.6) is 5.75 Å². The monoisotopic (exact) mass is 174 g/mol. The Morgan fingerprint density at radius 3 is 3.00 bits per heavy atom. The number of fused-ring (bicyclic) bond motifs is 1. The highest BCUT2D eigenvalue weighted by atomic mass is 16.3. The van der Waals surface area contributed by atoms with Gasteiger partial charge in [-0.2, -0.15) is 0 Å². The number of benzene rings is 1. The van der Waals surface area contributed by atoms with Gasteiger partial charge in [-0.15, -0.1) is 6.58 Å². The zero-order valence-electron chi connectivity index (χ0n) is 7.88. The highest BCUT2D eigenvalue weighted by molar-refractivity contribution is 5.51. The maximum absolute atomic E-state index is 9.64. The molecule has 68 valence electrons. The van der Waals surface area contributed by atoms with Crippen molar-refractivity contribution >= 4 is 0 Å². The summed E-state index contributed by atoms with van der Waals surface area (Å²) in [7, 11) is 0. The molecule has 0 aromatic heterocycles. The van der Waals surface area contributed by atoms with Crippen molar-refractivity contribution in [2.45, 2.75) is 25.7 Å². The largest absolute Gasteiger partial charge is 0.508 e. The van der Waals surface area contributed by atoms with Crippen molar-refractivity contribution < 1.29 is 5.11 Å². The fourth-order valence-electron chi connectivity index (χ4n) is 1.97. The van der Waals surface area contributed by atoms with Crippen LogP contribution in [0.3, 0.4) is 0 Å². The van der Waals surface area contributed by atoms with Gasteiger partial charge in [-0.3, -0.25) is 0 Å². The van der Waals surface area contributed by atoms with E-state index in [0.717, 1.165) is 24.0 Å². The lowest BCUT2D eigenvalue weighted by molar-refractivity contribution is 0.453. The van der Waals surface area contributed by atoms with Crippen LogP contribution >= 0.6 is 0 Å². The van der Waals surface area contributed by atoms with Gasteiger partial charge in [0.05, 0.1) is 0 Å². The Hall–Kier alpha value is -1.24. The van der Waals surface area contributed by atoms with Crippen LogP contribution in [0, 0.1) is 0 Å². The highest BCUT2D eigenvalue weighted by Crippen LogP contribution is 2.40. The SMILES string of the molecule is C=CCc1cc(O)c2c(c1)C(C)C2. The van der Waals surface area contributed by atoms with Gasteiger partial charge in [0.1, 0.15) is 5.75 Å². The minimum Gasteiger partial charge on any atom is -0.508 e. The Balaban J connectivity index is 2.42. The minimum absolute atomic E-state index is 0.465. The van der Waals surface area contributed by atoms with E-state index >= 15 is 0 Å². The van der Waals surface area contributed by atoms with E-state index < -0.39 is 0 Å². The molecule has 0 radical (unpaired) electrons. The Bertz CT molecular complexity index is 352. The van der Waals surface area contributed by atoms with Crippen LogP contribution in [0.25, 0.3) is 0 Å². The first-order chi connectivity index (χ1) is 6.22. The van der Waals surface area contributed by atoms with Gasteiger partial charge in [-0.25, -0.2) is 0 Å². The molecule has 13 heavy (non-hydrogen) atoms. The van der Waals surface area contributed by atoms with Gasteiger partial charge in [0.15, 0.2) is 0 Å². The van der Waals surface area contributed by atoms with E-state index in [-0.39, 0.29) is 0 Å². The van der Waals surface area contributed by atoms with Gasteiger partial charge in [0.2, 0.25) is 0 Å².